The van der Waals surface area contributed by atoms with Gasteiger partial charge in [0.2, 0.25) is 0 Å². The third kappa shape index (κ3) is 9.86. The van der Waals surface area contributed by atoms with E-state index < -0.39 is 15.6 Å². The second kappa shape index (κ2) is 16.3. The molecular weight excluding hydrogens is 608 g/mol. The molecule has 2 aromatic carbocycles. The van der Waals surface area contributed by atoms with E-state index in [0.29, 0.717) is 35.4 Å². The molecular formula is C31H45Cl2F3N2O3S. The van der Waals surface area contributed by atoms with Crippen molar-refractivity contribution >= 4 is 50.5 Å². The molecule has 0 aliphatic carbocycles. The van der Waals surface area contributed by atoms with Crippen LogP contribution in [0.2, 0.25) is 0 Å². The molecule has 0 unspecified atom stereocenters. The Morgan fingerprint density at radius 3 is 1.43 bits per heavy atom. The summed E-state index contributed by atoms with van der Waals surface area (Å²) in [5.41, 5.74) is 3.08. The monoisotopic (exact) mass is 652 g/mol. The first kappa shape index (κ1) is 38.2. The number of alkyl halides is 5. The van der Waals surface area contributed by atoms with Crippen molar-refractivity contribution in [2.75, 3.05) is 29.7 Å². The standard InChI is InChI=1S/C28H41N2.C2H4Cl2.CHF3O3S/c1-18(2)23-12-10-13-24(19(3)4)27(23)29-16-17-30(22(29)9)28-25(20(5)6)14-11-15-26(28)21(7)8;3-1-2-4;2-1(3,4)8(5,6)7/h10-15,18-21H,16-17H2,1-9H3;1-2H2;(H,5,6,7)/q+1;;/p-1. The number of nitrogens with zero attached hydrogens (tertiary/aromatic N) is 2. The molecule has 0 bridgehead atoms. The van der Waals surface area contributed by atoms with Crippen molar-refractivity contribution in [1.29, 1.82) is 0 Å². The zero-order valence-electron chi connectivity index (χ0n) is 26.0. The predicted octanol–water partition coefficient (Wildman–Crippen LogP) is 9.28. The first-order valence-corrected chi connectivity index (χ1v) is 16.6. The van der Waals surface area contributed by atoms with Crippen LogP contribution in [0.3, 0.4) is 0 Å². The Kier molecular flexibility index (Phi) is 14.8. The Labute approximate surface area is 260 Å². The Bertz CT molecular complexity index is 1250. The van der Waals surface area contributed by atoms with E-state index in [4.69, 9.17) is 36.2 Å². The second-order valence-corrected chi connectivity index (χ2v) is 13.4. The second-order valence-electron chi connectivity index (χ2n) is 11.3. The van der Waals surface area contributed by atoms with Gasteiger partial charge in [-0.3, -0.25) is 0 Å². The molecule has 0 fully saturated rings. The minimum absolute atomic E-state index is 0.509. The number of anilines is 1. The smallest absolute Gasteiger partial charge is 0.485 e. The molecule has 5 nitrogen and oxygen atoms in total. The van der Waals surface area contributed by atoms with Gasteiger partial charge < -0.3 is 4.55 Å². The SMILES string of the molecule is CC1=[N+](c2c(C(C)C)cccc2C(C)C)CCN1c1c(C(C)C)cccc1C(C)C.ClCCCl.O=S(=O)([O-])C(F)(F)F. The minimum Gasteiger partial charge on any atom is -0.741 e. The molecule has 1 heterocycles. The third-order valence-corrected chi connectivity index (χ3v) is 8.05. The molecule has 238 valence electrons. The summed E-state index contributed by atoms with van der Waals surface area (Å²) in [5, 5.41) is 0. The molecule has 0 saturated carbocycles. The van der Waals surface area contributed by atoms with Gasteiger partial charge in [0.15, 0.2) is 10.1 Å². The molecule has 2 aromatic rings. The lowest BCUT2D eigenvalue weighted by molar-refractivity contribution is -0.430. The maximum atomic E-state index is 10.7. The number of halogens is 5. The molecule has 42 heavy (non-hydrogen) atoms. The summed E-state index contributed by atoms with van der Waals surface area (Å²) in [5.74, 6) is 4.51. The van der Waals surface area contributed by atoms with E-state index >= 15 is 0 Å². The maximum Gasteiger partial charge on any atom is 0.485 e. The fraction of sp³-hybridized carbons (Fsp3) is 0.581. The van der Waals surface area contributed by atoms with Crippen molar-refractivity contribution in [2.45, 2.75) is 91.5 Å². The summed E-state index contributed by atoms with van der Waals surface area (Å²) >= 11 is 10.1. The first-order valence-electron chi connectivity index (χ1n) is 14.1. The van der Waals surface area contributed by atoms with Crippen molar-refractivity contribution in [1.82, 2.24) is 0 Å². The van der Waals surface area contributed by atoms with Crippen LogP contribution in [-0.2, 0) is 10.1 Å². The van der Waals surface area contributed by atoms with Crippen molar-refractivity contribution in [2.24, 2.45) is 0 Å². The average molecular weight is 654 g/mol. The van der Waals surface area contributed by atoms with Crippen LogP contribution in [0.4, 0.5) is 24.5 Å². The molecule has 1 aliphatic heterocycles. The van der Waals surface area contributed by atoms with Gasteiger partial charge in [-0.15, -0.1) is 23.2 Å². The lowest BCUT2D eigenvalue weighted by atomic mass is 9.92. The van der Waals surface area contributed by atoms with Gasteiger partial charge in [-0.1, -0.05) is 91.8 Å². The van der Waals surface area contributed by atoms with Crippen LogP contribution in [0.1, 0.15) is 108 Å². The van der Waals surface area contributed by atoms with Gasteiger partial charge in [0.25, 0.3) is 5.84 Å². The summed E-state index contributed by atoms with van der Waals surface area (Å²) in [7, 11) is -6.09. The van der Waals surface area contributed by atoms with E-state index in [0.717, 1.165) is 13.1 Å². The molecule has 0 spiro atoms. The minimum atomic E-state index is -6.09. The zero-order valence-corrected chi connectivity index (χ0v) is 28.3. The summed E-state index contributed by atoms with van der Waals surface area (Å²) in [4.78, 5) is 2.59. The number of rotatable bonds is 7. The molecule has 3 rings (SSSR count). The lowest BCUT2D eigenvalue weighted by Gasteiger charge is -2.23. The molecule has 1 aliphatic rings. The maximum absolute atomic E-state index is 10.7. The van der Waals surface area contributed by atoms with Crippen molar-refractivity contribution < 1.29 is 30.7 Å². The van der Waals surface area contributed by atoms with E-state index in [1.165, 1.54) is 39.5 Å². The molecule has 0 N–H and O–H groups in total. The van der Waals surface area contributed by atoms with Gasteiger partial charge in [0.05, 0.1) is 0 Å². The van der Waals surface area contributed by atoms with Crippen molar-refractivity contribution in [3.8, 4) is 0 Å². The highest BCUT2D eigenvalue weighted by atomic mass is 35.5. The van der Waals surface area contributed by atoms with Gasteiger partial charge >= 0.3 is 5.51 Å². The normalized spacial score (nSPS) is 14.0. The number of hydrogen-bond donors (Lipinski definition) is 0. The summed E-state index contributed by atoms with van der Waals surface area (Å²) in [6, 6.07) is 13.8. The van der Waals surface area contributed by atoms with E-state index in [9.17, 15) is 13.2 Å². The Hall–Kier alpha value is -1.81. The molecule has 0 aromatic heterocycles. The number of amidine groups is 1. The first-order chi connectivity index (χ1) is 19.3. The Morgan fingerprint density at radius 1 is 0.810 bits per heavy atom. The highest BCUT2D eigenvalue weighted by molar-refractivity contribution is 7.86. The summed E-state index contributed by atoms with van der Waals surface area (Å²) in [6.45, 7) is 22.9. The van der Waals surface area contributed by atoms with E-state index in [2.05, 4.69) is 108 Å². The molecule has 0 atom stereocenters. The van der Waals surface area contributed by atoms with Crippen LogP contribution < -0.4 is 4.90 Å². The van der Waals surface area contributed by atoms with Gasteiger partial charge in [-0.2, -0.15) is 13.2 Å². The van der Waals surface area contributed by atoms with Gasteiger partial charge in [-0.25, -0.2) is 17.9 Å². The van der Waals surface area contributed by atoms with Crippen LogP contribution in [0.15, 0.2) is 36.4 Å². The van der Waals surface area contributed by atoms with Crippen LogP contribution in [0.5, 0.6) is 0 Å². The van der Waals surface area contributed by atoms with Crippen LogP contribution >= 0.6 is 23.2 Å². The fourth-order valence-electron chi connectivity index (χ4n) is 4.86. The van der Waals surface area contributed by atoms with Crippen LogP contribution in [0, 0.1) is 0 Å². The number of para-hydroxylation sites is 2. The average Bonchev–Trinajstić information content (AvgIpc) is 3.27. The largest absolute Gasteiger partial charge is 0.741 e. The molecule has 0 saturated heterocycles. The Balaban J connectivity index is 0.000000620. The highest BCUT2D eigenvalue weighted by Gasteiger charge is 2.37. The van der Waals surface area contributed by atoms with Gasteiger partial charge in [0, 0.05) is 40.9 Å². The topological polar surface area (TPSA) is 63.5 Å². The number of benzene rings is 2. The summed E-state index contributed by atoms with van der Waals surface area (Å²) < 4.78 is 61.5. The molecule has 0 amide bonds. The lowest BCUT2D eigenvalue weighted by Crippen LogP contribution is -2.29. The Morgan fingerprint density at radius 2 is 1.14 bits per heavy atom. The molecule has 0 radical (unpaired) electrons. The van der Waals surface area contributed by atoms with Crippen molar-refractivity contribution in [3.05, 3.63) is 58.7 Å². The van der Waals surface area contributed by atoms with E-state index in [1.807, 2.05) is 0 Å². The third-order valence-electron chi connectivity index (χ3n) is 6.91. The quantitative estimate of drug-likeness (QED) is 0.129. The van der Waals surface area contributed by atoms with Crippen LogP contribution in [-0.4, -0.2) is 53.7 Å². The highest BCUT2D eigenvalue weighted by Crippen LogP contribution is 2.39. The molecule has 11 heteroatoms. The summed E-state index contributed by atoms with van der Waals surface area (Å²) in [6.07, 6.45) is 0. The van der Waals surface area contributed by atoms with Crippen LogP contribution in [0.25, 0.3) is 0 Å². The zero-order chi connectivity index (χ0) is 32.6. The predicted molar refractivity (Wildman–Crippen MR) is 169 cm³/mol. The van der Waals surface area contributed by atoms with E-state index in [1.54, 1.807) is 0 Å². The number of hydrogen-bond acceptors (Lipinski definition) is 4. The van der Waals surface area contributed by atoms with Gasteiger partial charge in [-0.05, 0) is 23.7 Å². The fourth-order valence-corrected chi connectivity index (χ4v) is 4.86. The van der Waals surface area contributed by atoms with E-state index in [-0.39, 0.29) is 0 Å². The van der Waals surface area contributed by atoms with Crippen molar-refractivity contribution in [3.63, 3.8) is 0 Å². The van der Waals surface area contributed by atoms with Gasteiger partial charge in [0.1, 0.15) is 24.5 Å².